The van der Waals surface area contributed by atoms with Gasteiger partial charge in [0.25, 0.3) is 0 Å². The Hall–Kier alpha value is -2.42. The summed E-state index contributed by atoms with van der Waals surface area (Å²) in [5, 5.41) is 3.01. The van der Waals surface area contributed by atoms with Crippen LogP contribution in [-0.2, 0) is 19.2 Å². The van der Waals surface area contributed by atoms with E-state index in [-0.39, 0.29) is 41.6 Å². The minimum atomic E-state index is -0.661. The third-order valence-electron chi connectivity index (χ3n) is 7.38. The molecular weight excluding hydrogens is 446 g/mol. The van der Waals surface area contributed by atoms with Crippen molar-refractivity contribution in [2.75, 3.05) is 27.2 Å². The van der Waals surface area contributed by atoms with Crippen LogP contribution in [0.3, 0.4) is 0 Å². The lowest BCUT2D eigenvalue weighted by molar-refractivity contribution is -0.139. The lowest BCUT2D eigenvalue weighted by Crippen LogP contribution is -2.57. The highest BCUT2D eigenvalue weighted by atomic mass is 16.2. The number of nitrogens with one attached hydrogen (secondary N) is 1. The maximum absolute atomic E-state index is 13.6. The largest absolute Gasteiger partial charge is 0.368 e. The molecule has 0 bridgehead atoms. The molecule has 0 aromatic heterocycles. The first kappa shape index (κ1) is 28.8. The van der Waals surface area contributed by atoms with Crippen LogP contribution < -0.4 is 11.1 Å². The number of amides is 4. The fourth-order valence-electron chi connectivity index (χ4n) is 5.15. The SMILES string of the molecule is C/C(=C\[C@H](C(C)C)N(C)C(=O)C(NC(=O)[C@H]1CCCCN1C)C(C)C)C(=O)N1CCCC1C(N)=O. The van der Waals surface area contributed by atoms with Gasteiger partial charge < -0.3 is 20.9 Å². The molecule has 2 aliphatic rings. The van der Waals surface area contributed by atoms with Crippen LogP contribution in [0.5, 0.6) is 0 Å². The molecule has 198 valence electrons. The lowest BCUT2D eigenvalue weighted by atomic mass is 9.96. The predicted molar refractivity (Wildman–Crippen MR) is 136 cm³/mol. The van der Waals surface area contributed by atoms with Crippen molar-refractivity contribution in [3.05, 3.63) is 11.6 Å². The average molecular weight is 492 g/mol. The number of nitrogens with two attached hydrogens (primary N) is 1. The molecule has 2 aliphatic heterocycles. The van der Waals surface area contributed by atoms with Crippen molar-refractivity contribution in [3.8, 4) is 0 Å². The minimum absolute atomic E-state index is 0.0326. The van der Waals surface area contributed by atoms with Crippen molar-refractivity contribution in [1.29, 1.82) is 0 Å². The van der Waals surface area contributed by atoms with Crippen LogP contribution in [0.4, 0.5) is 0 Å². The van der Waals surface area contributed by atoms with E-state index in [1.54, 1.807) is 24.9 Å². The molecule has 2 fully saturated rings. The summed E-state index contributed by atoms with van der Waals surface area (Å²) in [6.07, 6.45) is 5.99. The van der Waals surface area contributed by atoms with Crippen molar-refractivity contribution in [2.24, 2.45) is 17.6 Å². The molecule has 2 heterocycles. The van der Waals surface area contributed by atoms with E-state index in [1.807, 2.05) is 34.7 Å². The van der Waals surface area contributed by atoms with Crippen LogP contribution in [0.1, 0.15) is 66.7 Å². The summed E-state index contributed by atoms with van der Waals surface area (Å²) < 4.78 is 0. The van der Waals surface area contributed by atoms with Crippen molar-refractivity contribution >= 4 is 23.6 Å². The molecule has 9 heteroatoms. The van der Waals surface area contributed by atoms with Crippen LogP contribution in [0.25, 0.3) is 0 Å². The Morgan fingerprint density at radius 1 is 0.971 bits per heavy atom. The first-order valence-electron chi connectivity index (χ1n) is 12.9. The number of hydrogen-bond donors (Lipinski definition) is 2. The second kappa shape index (κ2) is 12.5. The second-order valence-corrected chi connectivity index (χ2v) is 10.8. The molecule has 0 radical (unpaired) electrons. The molecule has 4 atom stereocenters. The van der Waals surface area contributed by atoms with Crippen LogP contribution in [0.15, 0.2) is 11.6 Å². The molecule has 0 aliphatic carbocycles. The van der Waals surface area contributed by atoms with E-state index in [9.17, 15) is 19.2 Å². The van der Waals surface area contributed by atoms with Gasteiger partial charge >= 0.3 is 0 Å². The van der Waals surface area contributed by atoms with Crippen molar-refractivity contribution < 1.29 is 19.2 Å². The fraction of sp³-hybridized carbons (Fsp3) is 0.769. The number of likely N-dealkylation sites (tertiary alicyclic amines) is 2. The fourth-order valence-corrected chi connectivity index (χ4v) is 5.15. The minimum Gasteiger partial charge on any atom is -0.368 e. The molecule has 0 aromatic rings. The van der Waals surface area contributed by atoms with E-state index in [2.05, 4.69) is 10.2 Å². The Labute approximate surface area is 210 Å². The van der Waals surface area contributed by atoms with Gasteiger partial charge in [0.2, 0.25) is 23.6 Å². The Morgan fingerprint density at radius 3 is 2.14 bits per heavy atom. The lowest BCUT2D eigenvalue weighted by Gasteiger charge is -2.36. The predicted octanol–water partition coefficient (Wildman–Crippen LogP) is 1.52. The van der Waals surface area contributed by atoms with Gasteiger partial charge in [0.15, 0.2) is 0 Å². The van der Waals surface area contributed by atoms with Gasteiger partial charge in [-0.3, -0.25) is 24.1 Å². The average Bonchev–Trinajstić information content (AvgIpc) is 3.29. The van der Waals surface area contributed by atoms with Crippen LogP contribution in [0.2, 0.25) is 0 Å². The standard InChI is InChI=1S/C26H45N5O4/c1-16(2)21(15-18(5)25(34)31-14-10-12-19(31)23(27)32)30(7)26(35)22(17(3)4)28-24(33)20-11-8-9-13-29(20)6/h15-17,19-22H,8-14H2,1-7H3,(H2,27,32)(H,28,33)/b18-15+/t19?,20-,21-,22?/m1/s1. The van der Waals surface area contributed by atoms with Crippen molar-refractivity contribution in [3.63, 3.8) is 0 Å². The second-order valence-electron chi connectivity index (χ2n) is 10.8. The Bertz CT molecular complexity index is 825. The zero-order chi connectivity index (χ0) is 26.4. The zero-order valence-electron chi connectivity index (χ0n) is 22.5. The normalized spacial score (nSPS) is 23.3. The van der Waals surface area contributed by atoms with E-state index in [0.29, 0.717) is 18.5 Å². The number of carbonyl (C=O) groups is 4. The molecule has 4 amide bonds. The maximum atomic E-state index is 13.6. The maximum Gasteiger partial charge on any atom is 0.249 e. The highest BCUT2D eigenvalue weighted by Crippen LogP contribution is 2.22. The molecule has 9 nitrogen and oxygen atoms in total. The van der Waals surface area contributed by atoms with Gasteiger partial charge in [0, 0.05) is 19.2 Å². The van der Waals surface area contributed by atoms with Gasteiger partial charge in [-0.15, -0.1) is 0 Å². The Morgan fingerprint density at radius 2 is 1.60 bits per heavy atom. The highest BCUT2D eigenvalue weighted by molar-refractivity contribution is 5.97. The molecule has 2 unspecified atom stereocenters. The highest BCUT2D eigenvalue weighted by Gasteiger charge is 2.36. The number of likely N-dealkylation sites (N-methyl/N-ethyl adjacent to an activating group) is 2. The van der Waals surface area contributed by atoms with Gasteiger partial charge in [-0.25, -0.2) is 0 Å². The number of piperidine rings is 1. The Kier molecular flexibility index (Phi) is 10.3. The van der Waals surface area contributed by atoms with Crippen LogP contribution in [0, 0.1) is 11.8 Å². The van der Waals surface area contributed by atoms with E-state index in [4.69, 9.17) is 5.73 Å². The number of nitrogens with zero attached hydrogens (tertiary/aromatic N) is 3. The molecule has 3 N–H and O–H groups in total. The van der Waals surface area contributed by atoms with E-state index in [1.165, 1.54) is 4.90 Å². The number of rotatable bonds is 9. The zero-order valence-corrected chi connectivity index (χ0v) is 22.5. The first-order chi connectivity index (χ1) is 16.4. The summed E-state index contributed by atoms with van der Waals surface area (Å²) in [5.41, 5.74) is 5.96. The van der Waals surface area contributed by atoms with Crippen LogP contribution >= 0.6 is 0 Å². The molecular formula is C26H45N5O4. The van der Waals surface area contributed by atoms with E-state index in [0.717, 1.165) is 32.2 Å². The summed E-state index contributed by atoms with van der Waals surface area (Å²) in [7, 11) is 3.67. The molecule has 0 spiro atoms. The summed E-state index contributed by atoms with van der Waals surface area (Å²) in [4.78, 5) is 56.7. The molecule has 35 heavy (non-hydrogen) atoms. The number of primary amides is 1. The smallest absolute Gasteiger partial charge is 0.249 e. The summed E-state index contributed by atoms with van der Waals surface area (Å²) in [6, 6.07) is -1.81. The van der Waals surface area contributed by atoms with Crippen LogP contribution in [-0.4, -0.2) is 89.7 Å². The quantitative estimate of drug-likeness (QED) is 0.475. The number of carbonyl (C=O) groups excluding carboxylic acids is 4. The molecule has 2 rings (SSSR count). The third kappa shape index (κ3) is 7.06. The van der Waals surface area contributed by atoms with E-state index >= 15 is 0 Å². The molecule has 0 aromatic carbocycles. The molecule has 2 saturated heterocycles. The summed E-state index contributed by atoms with van der Waals surface area (Å²) >= 11 is 0. The topological polar surface area (TPSA) is 116 Å². The van der Waals surface area contributed by atoms with Crippen molar-refractivity contribution in [1.82, 2.24) is 20.0 Å². The van der Waals surface area contributed by atoms with Gasteiger partial charge in [-0.1, -0.05) is 40.2 Å². The third-order valence-corrected chi connectivity index (χ3v) is 7.38. The van der Waals surface area contributed by atoms with Gasteiger partial charge in [0.05, 0.1) is 12.1 Å². The van der Waals surface area contributed by atoms with Gasteiger partial charge in [0.1, 0.15) is 12.1 Å². The number of hydrogen-bond acceptors (Lipinski definition) is 5. The summed E-state index contributed by atoms with van der Waals surface area (Å²) in [6.45, 7) is 10.9. The van der Waals surface area contributed by atoms with E-state index < -0.39 is 18.0 Å². The van der Waals surface area contributed by atoms with Gasteiger partial charge in [-0.05, 0) is 58.0 Å². The molecule has 0 saturated carbocycles. The monoisotopic (exact) mass is 491 g/mol. The first-order valence-corrected chi connectivity index (χ1v) is 12.9. The summed E-state index contributed by atoms with van der Waals surface area (Å²) in [5.74, 6) is -1.07. The Balaban J connectivity index is 2.19. The van der Waals surface area contributed by atoms with Crippen molar-refractivity contribution in [2.45, 2.75) is 90.9 Å². The van der Waals surface area contributed by atoms with Gasteiger partial charge in [-0.2, -0.15) is 0 Å².